The number of carboxylic acid groups (broad SMARTS) is 1. The molecule has 0 aliphatic carbocycles. The van der Waals surface area contributed by atoms with Crippen LogP contribution in [0.1, 0.15) is 58.2 Å². The molecule has 1 aromatic carbocycles. The number of benzene rings is 1. The summed E-state index contributed by atoms with van der Waals surface area (Å²) in [4.78, 5) is 10.9. The first kappa shape index (κ1) is 14.7. The molecule has 100 valence electrons. The molecule has 0 aliphatic heterocycles. The minimum absolute atomic E-state index is 0.0362. The van der Waals surface area contributed by atoms with E-state index in [9.17, 15) is 4.79 Å². The van der Waals surface area contributed by atoms with E-state index in [0.717, 1.165) is 5.56 Å². The Hall–Kier alpha value is -1.31. The number of aliphatic carboxylic acids is 1. The predicted octanol–water partition coefficient (Wildman–Crippen LogP) is 3.91. The van der Waals surface area contributed by atoms with Gasteiger partial charge in [-0.25, -0.2) is 0 Å². The maximum absolute atomic E-state index is 10.9. The molecule has 0 aliphatic rings. The van der Waals surface area contributed by atoms with E-state index in [4.69, 9.17) is 5.11 Å². The zero-order valence-electron chi connectivity index (χ0n) is 12.3. The molecule has 2 heteroatoms. The van der Waals surface area contributed by atoms with Crippen LogP contribution in [-0.2, 0) is 22.0 Å². The average molecular weight is 248 g/mol. The summed E-state index contributed by atoms with van der Waals surface area (Å²) < 4.78 is 0. The molecular formula is C16H24O2. The molecule has 18 heavy (non-hydrogen) atoms. The fourth-order valence-electron chi connectivity index (χ4n) is 1.83. The summed E-state index contributed by atoms with van der Waals surface area (Å²) in [5, 5.41) is 8.95. The number of rotatable bonds is 2. The van der Waals surface area contributed by atoms with E-state index in [-0.39, 0.29) is 17.3 Å². The molecule has 0 heterocycles. The van der Waals surface area contributed by atoms with Gasteiger partial charge in [0, 0.05) is 0 Å². The van der Waals surface area contributed by atoms with Crippen molar-refractivity contribution < 1.29 is 9.90 Å². The Labute approximate surface area is 110 Å². The van der Waals surface area contributed by atoms with Crippen LogP contribution >= 0.6 is 0 Å². The Bertz CT molecular complexity index is 413. The topological polar surface area (TPSA) is 37.3 Å². The Morgan fingerprint density at radius 3 is 1.61 bits per heavy atom. The molecule has 0 spiro atoms. The van der Waals surface area contributed by atoms with E-state index in [1.807, 2.05) is 12.1 Å². The molecular weight excluding hydrogens is 224 g/mol. The van der Waals surface area contributed by atoms with Gasteiger partial charge in [-0.15, -0.1) is 0 Å². The summed E-state index contributed by atoms with van der Waals surface area (Å²) in [7, 11) is 0. The number of carbonyl (C=O) groups is 1. The van der Waals surface area contributed by atoms with Crippen molar-refractivity contribution >= 4 is 5.97 Å². The van der Waals surface area contributed by atoms with Gasteiger partial charge in [-0.1, -0.05) is 59.7 Å². The van der Waals surface area contributed by atoms with Crippen LogP contribution in [0.25, 0.3) is 0 Å². The van der Waals surface area contributed by atoms with Gasteiger partial charge >= 0.3 is 5.97 Å². The summed E-state index contributed by atoms with van der Waals surface area (Å²) in [6, 6.07) is 6.23. The second-order valence-electron chi connectivity index (χ2n) is 6.99. The molecule has 1 N–H and O–H groups in total. The second-order valence-corrected chi connectivity index (χ2v) is 6.99. The Balaban J connectivity index is 3.34. The molecule has 1 aromatic rings. The van der Waals surface area contributed by atoms with Gasteiger partial charge in [0.15, 0.2) is 0 Å². The third-order valence-electron chi connectivity index (χ3n) is 3.08. The standard InChI is InChI=1S/C16H24O2/c1-15(2,3)12-7-11(9-14(17)18)8-13(10-12)16(4,5)6/h7-8,10H,9H2,1-6H3,(H,17,18). The van der Waals surface area contributed by atoms with Crippen molar-refractivity contribution in [2.24, 2.45) is 0 Å². The highest BCUT2D eigenvalue weighted by molar-refractivity contribution is 5.70. The van der Waals surface area contributed by atoms with E-state index in [1.165, 1.54) is 11.1 Å². The van der Waals surface area contributed by atoms with E-state index in [0.29, 0.717) is 0 Å². The molecule has 0 atom stereocenters. The SMILES string of the molecule is CC(C)(C)c1cc(CC(=O)O)cc(C(C)(C)C)c1. The van der Waals surface area contributed by atoms with Crippen LogP contribution in [0.15, 0.2) is 18.2 Å². The largest absolute Gasteiger partial charge is 0.481 e. The van der Waals surface area contributed by atoms with Crippen molar-refractivity contribution in [3.63, 3.8) is 0 Å². The van der Waals surface area contributed by atoms with Gasteiger partial charge < -0.3 is 5.11 Å². The fraction of sp³-hybridized carbons (Fsp3) is 0.562. The number of hydrogen-bond donors (Lipinski definition) is 1. The summed E-state index contributed by atoms with van der Waals surface area (Å²) in [5.74, 6) is -0.777. The third-order valence-corrected chi connectivity index (χ3v) is 3.08. The highest BCUT2D eigenvalue weighted by Gasteiger charge is 2.20. The molecule has 0 radical (unpaired) electrons. The smallest absolute Gasteiger partial charge is 0.307 e. The van der Waals surface area contributed by atoms with Gasteiger partial charge in [0.05, 0.1) is 6.42 Å². The Morgan fingerprint density at radius 2 is 1.33 bits per heavy atom. The summed E-state index contributed by atoms with van der Waals surface area (Å²) in [6.45, 7) is 12.9. The van der Waals surface area contributed by atoms with Crippen molar-refractivity contribution in [1.29, 1.82) is 0 Å². The summed E-state index contributed by atoms with van der Waals surface area (Å²) >= 11 is 0. The van der Waals surface area contributed by atoms with Crippen LogP contribution in [0.4, 0.5) is 0 Å². The first-order valence-electron chi connectivity index (χ1n) is 6.37. The Morgan fingerprint density at radius 1 is 0.944 bits per heavy atom. The highest BCUT2D eigenvalue weighted by atomic mass is 16.4. The van der Waals surface area contributed by atoms with Gasteiger partial charge in [-0.2, -0.15) is 0 Å². The quantitative estimate of drug-likeness (QED) is 0.861. The van der Waals surface area contributed by atoms with E-state index in [2.05, 4.69) is 47.6 Å². The molecule has 0 saturated carbocycles. The minimum atomic E-state index is -0.777. The Kier molecular flexibility index (Phi) is 3.89. The molecule has 0 bridgehead atoms. The zero-order valence-corrected chi connectivity index (χ0v) is 12.3. The fourth-order valence-corrected chi connectivity index (χ4v) is 1.83. The molecule has 0 fully saturated rings. The maximum atomic E-state index is 10.9. The lowest BCUT2D eigenvalue weighted by Crippen LogP contribution is -2.17. The van der Waals surface area contributed by atoms with Gasteiger partial charge in [-0.3, -0.25) is 4.79 Å². The van der Waals surface area contributed by atoms with Crippen LogP contribution < -0.4 is 0 Å². The molecule has 0 amide bonds. The van der Waals surface area contributed by atoms with Crippen molar-refractivity contribution in [1.82, 2.24) is 0 Å². The minimum Gasteiger partial charge on any atom is -0.481 e. The number of hydrogen-bond acceptors (Lipinski definition) is 1. The van der Waals surface area contributed by atoms with Crippen molar-refractivity contribution in [2.75, 3.05) is 0 Å². The van der Waals surface area contributed by atoms with Crippen LogP contribution in [0.2, 0.25) is 0 Å². The maximum Gasteiger partial charge on any atom is 0.307 e. The summed E-state index contributed by atoms with van der Waals surface area (Å²) in [6.07, 6.45) is 0.0903. The van der Waals surface area contributed by atoms with Crippen LogP contribution in [0.5, 0.6) is 0 Å². The normalized spacial score (nSPS) is 12.6. The lowest BCUT2D eigenvalue weighted by atomic mass is 9.79. The average Bonchev–Trinajstić information content (AvgIpc) is 2.13. The lowest BCUT2D eigenvalue weighted by Gasteiger charge is -2.26. The second kappa shape index (κ2) is 4.75. The molecule has 0 aromatic heterocycles. The number of carboxylic acids is 1. The third kappa shape index (κ3) is 3.86. The van der Waals surface area contributed by atoms with Crippen LogP contribution in [0, 0.1) is 0 Å². The van der Waals surface area contributed by atoms with Gasteiger partial charge in [0.25, 0.3) is 0 Å². The van der Waals surface area contributed by atoms with Gasteiger partial charge in [-0.05, 0) is 27.5 Å². The van der Waals surface area contributed by atoms with E-state index >= 15 is 0 Å². The predicted molar refractivity (Wildman–Crippen MR) is 75.2 cm³/mol. The first-order valence-corrected chi connectivity index (χ1v) is 6.37. The van der Waals surface area contributed by atoms with E-state index in [1.54, 1.807) is 0 Å². The van der Waals surface area contributed by atoms with Gasteiger partial charge in [0.2, 0.25) is 0 Å². The summed E-state index contributed by atoms with van der Waals surface area (Å²) in [5.41, 5.74) is 3.36. The zero-order chi connectivity index (χ0) is 14.1. The van der Waals surface area contributed by atoms with E-state index < -0.39 is 5.97 Å². The lowest BCUT2D eigenvalue weighted by molar-refractivity contribution is -0.136. The molecule has 0 unspecified atom stereocenters. The monoisotopic (exact) mass is 248 g/mol. The van der Waals surface area contributed by atoms with Gasteiger partial charge in [0.1, 0.15) is 0 Å². The van der Waals surface area contributed by atoms with Crippen molar-refractivity contribution in [3.05, 3.63) is 34.9 Å². The van der Waals surface area contributed by atoms with Crippen LogP contribution in [-0.4, -0.2) is 11.1 Å². The van der Waals surface area contributed by atoms with Crippen molar-refractivity contribution in [2.45, 2.75) is 58.8 Å². The molecule has 1 rings (SSSR count). The molecule has 2 nitrogen and oxygen atoms in total. The van der Waals surface area contributed by atoms with Crippen LogP contribution in [0.3, 0.4) is 0 Å². The van der Waals surface area contributed by atoms with Crippen molar-refractivity contribution in [3.8, 4) is 0 Å². The molecule has 0 saturated heterocycles. The first-order chi connectivity index (χ1) is 8.00. The highest BCUT2D eigenvalue weighted by Crippen LogP contribution is 2.30.